The van der Waals surface area contributed by atoms with Crippen molar-refractivity contribution in [3.8, 4) is 0 Å². The van der Waals surface area contributed by atoms with Crippen molar-refractivity contribution in [2.24, 2.45) is 0 Å². The number of ether oxygens (including phenoxy) is 3. The summed E-state index contributed by atoms with van der Waals surface area (Å²) < 4.78 is 16.9. The minimum Gasteiger partial charge on any atom is -0.462 e. The van der Waals surface area contributed by atoms with E-state index in [2.05, 4.69) is 69.4 Å². The van der Waals surface area contributed by atoms with Crippen molar-refractivity contribution in [2.75, 3.05) is 13.2 Å². The quantitative estimate of drug-likeness (QED) is 0.0261. The van der Waals surface area contributed by atoms with Gasteiger partial charge in [0.2, 0.25) is 0 Å². The van der Waals surface area contributed by atoms with Gasteiger partial charge in [-0.15, -0.1) is 0 Å². The van der Waals surface area contributed by atoms with Gasteiger partial charge >= 0.3 is 17.9 Å². The van der Waals surface area contributed by atoms with E-state index in [1.807, 2.05) is 0 Å². The van der Waals surface area contributed by atoms with Gasteiger partial charge in [0.1, 0.15) is 13.2 Å². The molecule has 0 rings (SSSR count). The first-order valence-corrected chi connectivity index (χ1v) is 35.6. The van der Waals surface area contributed by atoms with Crippen LogP contribution in [0.3, 0.4) is 0 Å². The number of allylic oxidation sites excluding steroid dienone is 8. The molecule has 0 saturated heterocycles. The van der Waals surface area contributed by atoms with Crippen LogP contribution in [0.2, 0.25) is 0 Å². The first-order chi connectivity index (χ1) is 39.5. The molecule has 6 nitrogen and oxygen atoms in total. The zero-order valence-corrected chi connectivity index (χ0v) is 53.9. The molecule has 0 N–H and O–H groups in total. The number of carbonyl (C=O) groups excluding carboxylic acids is 3. The summed E-state index contributed by atoms with van der Waals surface area (Å²) in [4.78, 5) is 38.3. The summed E-state index contributed by atoms with van der Waals surface area (Å²) in [5.41, 5.74) is 0. The average Bonchev–Trinajstić information content (AvgIpc) is 3.46. The van der Waals surface area contributed by atoms with E-state index in [9.17, 15) is 14.4 Å². The van der Waals surface area contributed by atoms with Crippen LogP contribution in [-0.4, -0.2) is 37.2 Å². The molecule has 0 amide bonds. The third-order valence-corrected chi connectivity index (χ3v) is 16.1. The van der Waals surface area contributed by atoms with E-state index < -0.39 is 6.10 Å². The minimum absolute atomic E-state index is 0.0825. The molecule has 468 valence electrons. The second-order valence-electron chi connectivity index (χ2n) is 24.1. The molecule has 0 heterocycles. The van der Waals surface area contributed by atoms with E-state index >= 15 is 0 Å². The van der Waals surface area contributed by atoms with Crippen molar-refractivity contribution >= 4 is 17.9 Å². The standard InChI is InChI=1S/C74H136O6/c1-4-7-10-13-16-19-22-25-27-28-29-30-31-32-33-34-35-36-37-38-39-40-41-42-43-44-45-47-49-52-55-58-61-64-67-73(76)79-70-71(69-78-72(75)66-63-60-57-54-51-48-24-21-18-15-12-9-6-3)80-74(77)68-65-62-59-56-53-50-46-26-23-20-17-14-11-8-5-2/h9,12,18,21,26,46,48,51,71H,4-8,10-11,13-17,19-20,22-25,27-45,47,49-50,52-70H2,1-3H3/b12-9-,21-18-,46-26-,51-48-. The van der Waals surface area contributed by atoms with Gasteiger partial charge in [0.25, 0.3) is 0 Å². The number of unbranched alkanes of at least 4 members (excludes halogenated alkanes) is 47. The summed E-state index contributed by atoms with van der Waals surface area (Å²) in [7, 11) is 0. The van der Waals surface area contributed by atoms with Crippen molar-refractivity contribution in [3.05, 3.63) is 48.6 Å². The Balaban J connectivity index is 4.07. The Morgan fingerprint density at radius 1 is 0.263 bits per heavy atom. The fourth-order valence-corrected chi connectivity index (χ4v) is 10.8. The van der Waals surface area contributed by atoms with Crippen LogP contribution in [0.25, 0.3) is 0 Å². The zero-order chi connectivity index (χ0) is 57.8. The second-order valence-corrected chi connectivity index (χ2v) is 24.1. The predicted octanol–water partition coefficient (Wildman–Crippen LogP) is 24.5. The van der Waals surface area contributed by atoms with E-state index in [1.165, 1.54) is 250 Å². The fraction of sp³-hybridized carbons (Fsp3) is 0.851. The first-order valence-electron chi connectivity index (χ1n) is 35.6. The molecule has 0 aliphatic carbocycles. The molecule has 0 fully saturated rings. The van der Waals surface area contributed by atoms with Gasteiger partial charge in [-0.05, 0) is 77.0 Å². The number of esters is 3. The van der Waals surface area contributed by atoms with Gasteiger partial charge in [-0.2, -0.15) is 0 Å². The lowest BCUT2D eigenvalue weighted by atomic mass is 10.0. The number of rotatable bonds is 66. The molecule has 0 bridgehead atoms. The molecule has 80 heavy (non-hydrogen) atoms. The van der Waals surface area contributed by atoms with Gasteiger partial charge in [0, 0.05) is 19.3 Å². The predicted molar refractivity (Wildman–Crippen MR) is 349 cm³/mol. The number of carbonyl (C=O) groups is 3. The summed E-state index contributed by atoms with van der Waals surface area (Å²) in [6.45, 7) is 6.55. The Bertz CT molecular complexity index is 1380. The summed E-state index contributed by atoms with van der Waals surface area (Å²) in [5.74, 6) is -0.901. The Kier molecular flexibility index (Phi) is 66.6. The van der Waals surface area contributed by atoms with Crippen molar-refractivity contribution < 1.29 is 28.6 Å². The van der Waals surface area contributed by atoms with E-state index in [0.717, 1.165) is 96.3 Å². The maximum absolute atomic E-state index is 12.9. The highest BCUT2D eigenvalue weighted by Gasteiger charge is 2.19. The average molecular weight is 1120 g/mol. The van der Waals surface area contributed by atoms with Crippen LogP contribution in [0.5, 0.6) is 0 Å². The van der Waals surface area contributed by atoms with Crippen molar-refractivity contribution in [1.29, 1.82) is 0 Å². The van der Waals surface area contributed by atoms with Gasteiger partial charge in [0.05, 0.1) is 0 Å². The van der Waals surface area contributed by atoms with Crippen LogP contribution in [0.15, 0.2) is 48.6 Å². The molecule has 6 heteroatoms. The zero-order valence-electron chi connectivity index (χ0n) is 53.9. The molecule has 0 aliphatic heterocycles. The van der Waals surface area contributed by atoms with Gasteiger partial charge in [-0.3, -0.25) is 14.4 Å². The Morgan fingerprint density at radius 3 is 0.787 bits per heavy atom. The van der Waals surface area contributed by atoms with Crippen LogP contribution in [-0.2, 0) is 28.6 Å². The molecule has 1 unspecified atom stereocenters. The van der Waals surface area contributed by atoms with E-state index in [0.29, 0.717) is 19.3 Å². The minimum atomic E-state index is -0.789. The van der Waals surface area contributed by atoms with E-state index in [-0.39, 0.29) is 31.1 Å². The molecule has 0 aromatic carbocycles. The van der Waals surface area contributed by atoms with Gasteiger partial charge < -0.3 is 14.2 Å². The molecule has 0 aromatic rings. The van der Waals surface area contributed by atoms with Crippen molar-refractivity contribution in [3.63, 3.8) is 0 Å². The SMILES string of the molecule is CC/C=C\C/C=C\C/C=C\CCCCCC(=O)OCC(COC(=O)CCCCCCCCCCCCCCCCCCCCCCCCCCCCCCCCCCCC)OC(=O)CCCCCCC/C=C\CCCCCCCC. The maximum Gasteiger partial charge on any atom is 0.306 e. The van der Waals surface area contributed by atoms with Crippen LogP contribution in [0, 0.1) is 0 Å². The molecule has 0 spiro atoms. The highest BCUT2D eigenvalue weighted by molar-refractivity contribution is 5.71. The monoisotopic (exact) mass is 1120 g/mol. The topological polar surface area (TPSA) is 78.9 Å². The van der Waals surface area contributed by atoms with E-state index in [4.69, 9.17) is 14.2 Å². The van der Waals surface area contributed by atoms with Crippen LogP contribution >= 0.6 is 0 Å². The molecule has 1 atom stereocenters. The fourth-order valence-electron chi connectivity index (χ4n) is 10.8. The highest BCUT2D eigenvalue weighted by atomic mass is 16.6. The highest BCUT2D eigenvalue weighted by Crippen LogP contribution is 2.19. The normalized spacial score (nSPS) is 12.3. The molecular weight excluding hydrogens is 985 g/mol. The van der Waals surface area contributed by atoms with Crippen molar-refractivity contribution in [1.82, 2.24) is 0 Å². The van der Waals surface area contributed by atoms with Gasteiger partial charge in [0.15, 0.2) is 6.10 Å². The van der Waals surface area contributed by atoms with Crippen LogP contribution < -0.4 is 0 Å². The Morgan fingerprint density at radius 2 is 0.487 bits per heavy atom. The third-order valence-electron chi connectivity index (χ3n) is 16.1. The van der Waals surface area contributed by atoms with Gasteiger partial charge in [-0.25, -0.2) is 0 Å². The number of hydrogen-bond acceptors (Lipinski definition) is 6. The largest absolute Gasteiger partial charge is 0.462 e. The maximum atomic E-state index is 12.9. The molecular formula is C74H136O6. The smallest absolute Gasteiger partial charge is 0.306 e. The lowest BCUT2D eigenvalue weighted by Crippen LogP contribution is -2.30. The van der Waals surface area contributed by atoms with Crippen molar-refractivity contribution in [2.45, 2.75) is 393 Å². The lowest BCUT2D eigenvalue weighted by molar-refractivity contribution is -0.167. The third kappa shape index (κ3) is 66.2. The van der Waals surface area contributed by atoms with Crippen LogP contribution in [0.4, 0.5) is 0 Å². The first kappa shape index (κ1) is 77.4. The molecule has 0 aromatic heterocycles. The summed E-state index contributed by atoms with van der Waals surface area (Å²) in [6, 6.07) is 0. The summed E-state index contributed by atoms with van der Waals surface area (Å²) in [6.07, 6.45) is 87.5. The Labute approximate surface area is 498 Å². The van der Waals surface area contributed by atoms with Crippen LogP contribution in [0.1, 0.15) is 387 Å². The molecule has 0 aliphatic rings. The Hall–Kier alpha value is -2.63. The lowest BCUT2D eigenvalue weighted by Gasteiger charge is -2.18. The summed E-state index contributed by atoms with van der Waals surface area (Å²) >= 11 is 0. The molecule has 0 saturated carbocycles. The number of hydrogen-bond donors (Lipinski definition) is 0. The summed E-state index contributed by atoms with van der Waals surface area (Å²) in [5, 5.41) is 0. The van der Waals surface area contributed by atoms with Gasteiger partial charge in [-0.1, -0.05) is 339 Å². The van der Waals surface area contributed by atoms with E-state index in [1.54, 1.807) is 0 Å². The molecule has 0 radical (unpaired) electrons. The second kappa shape index (κ2) is 68.9.